The first-order valence-corrected chi connectivity index (χ1v) is 4.75. The SMILES string of the molecule is C=C(O)OC(C)(C)OCC[C@@H](CO)OC. The average Bonchev–Trinajstić information content (AvgIpc) is 2.10. The van der Waals surface area contributed by atoms with Crippen molar-refractivity contribution >= 4 is 0 Å². The zero-order valence-electron chi connectivity index (χ0n) is 9.52. The molecule has 0 heterocycles. The molecule has 0 radical (unpaired) electrons. The van der Waals surface area contributed by atoms with Crippen LogP contribution in [0, 0.1) is 0 Å². The largest absolute Gasteiger partial charge is 0.481 e. The van der Waals surface area contributed by atoms with Crippen LogP contribution in [0.1, 0.15) is 20.3 Å². The van der Waals surface area contributed by atoms with Crippen LogP contribution in [0.4, 0.5) is 0 Å². The molecule has 0 bridgehead atoms. The van der Waals surface area contributed by atoms with E-state index in [1.807, 2.05) is 0 Å². The Balaban J connectivity index is 3.78. The molecule has 5 heteroatoms. The molecule has 0 unspecified atom stereocenters. The summed E-state index contributed by atoms with van der Waals surface area (Å²) in [6, 6.07) is 0. The lowest BCUT2D eigenvalue weighted by atomic mass is 10.3. The van der Waals surface area contributed by atoms with Crippen molar-refractivity contribution in [3.8, 4) is 0 Å². The summed E-state index contributed by atoms with van der Waals surface area (Å²) in [4.78, 5) is 0. The molecule has 2 N–H and O–H groups in total. The Morgan fingerprint density at radius 3 is 2.47 bits per heavy atom. The van der Waals surface area contributed by atoms with Crippen molar-refractivity contribution in [2.24, 2.45) is 0 Å². The number of rotatable bonds is 8. The highest BCUT2D eigenvalue weighted by atomic mass is 16.7. The van der Waals surface area contributed by atoms with Crippen LogP contribution in [0.5, 0.6) is 0 Å². The predicted molar refractivity (Wildman–Crippen MR) is 55.4 cm³/mol. The molecule has 0 aliphatic rings. The molecule has 15 heavy (non-hydrogen) atoms. The lowest BCUT2D eigenvalue weighted by Crippen LogP contribution is -2.30. The maximum atomic E-state index is 8.83. The second-order valence-electron chi connectivity index (χ2n) is 3.57. The van der Waals surface area contributed by atoms with Gasteiger partial charge in [-0.15, -0.1) is 0 Å². The summed E-state index contributed by atoms with van der Waals surface area (Å²) in [5.74, 6) is -1.31. The summed E-state index contributed by atoms with van der Waals surface area (Å²) in [5.41, 5.74) is 0. The van der Waals surface area contributed by atoms with Gasteiger partial charge in [0.25, 0.3) is 5.95 Å². The minimum absolute atomic E-state index is 0.0478. The summed E-state index contributed by atoms with van der Waals surface area (Å²) in [6.45, 7) is 6.84. The van der Waals surface area contributed by atoms with Gasteiger partial charge in [-0.05, 0) is 13.0 Å². The first kappa shape index (κ1) is 14.2. The predicted octanol–water partition coefficient (Wildman–Crippen LogP) is 1.18. The van der Waals surface area contributed by atoms with Gasteiger partial charge in [-0.2, -0.15) is 0 Å². The van der Waals surface area contributed by atoms with Crippen LogP contribution in [-0.4, -0.2) is 42.4 Å². The minimum Gasteiger partial charge on any atom is -0.481 e. The molecule has 0 saturated carbocycles. The van der Waals surface area contributed by atoms with Gasteiger partial charge in [0.05, 0.1) is 19.3 Å². The van der Waals surface area contributed by atoms with Crippen LogP contribution in [0.25, 0.3) is 0 Å². The number of ether oxygens (including phenoxy) is 3. The lowest BCUT2D eigenvalue weighted by molar-refractivity contribution is -0.212. The highest BCUT2D eigenvalue weighted by Gasteiger charge is 2.21. The minimum atomic E-state index is -0.931. The van der Waals surface area contributed by atoms with E-state index in [-0.39, 0.29) is 18.7 Å². The zero-order valence-corrected chi connectivity index (χ0v) is 9.52. The second kappa shape index (κ2) is 6.66. The molecular formula is C10H20O5. The first-order chi connectivity index (χ1) is 6.91. The van der Waals surface area contributed by atoms with Gasteiger partial charge in [-0.3, -0.25) is 0 Å². The van der Waals surface area contributed by atoms with Gasteiger partial charge < -0.3 is 24.4 Å². The van der Waals surface area contributed by atoms with Crippen molar-refractivity contribution < 1.29 is 24.4 Å². The van der Waals surface area contributed by atoms with Crippen molar-refractivity contribution in [2.45, 2.75) is 32.2 Å². The summed E-state index contributed by atoms with van der Waals surface area (Å²) in [7, 11) is 1.53. The van der Waals surface area contributed by atoms with Crippen LogP contribution in [-0.2, 0) is 14.2 Å². The molecule has 0 aliphatic heterocycles. The van der Waals surface area contributed by atoms with E-state index in [2.05, 4.69) is 6.58 Å². The molecule has 0 aromatic rings. The van der Waals surface area contributed by atoms with E-state index in [1.54, 1.807) is 13.8 Å². The zero-order chi connectivity index (χ0) is 11.9. The normalized spacial score (nSPS) is 13.6. The van der Waals surface area contributed by atoms with E-state index >= 15 is 0 Å². The smallest absolute Gasteiger partial charge is 0.271 e. The highest BCUT2D eigenvalue weighted by molar-refractivity contribution is 4.69. The second-order valence-corrected chi connectivity index (χ2v) is 3.57. The van der Waals surface area contributed by atoms with E-state index < -0.39 is 5.79 Å². The van der Waals surface area contributed by atoms with E-state index in [0.717, 1.165) is 0 Å². The first-order valence-electron chi connectivity index (χ1n) is 4.75. The number of methoxy groups -OCH3 is 1. The third-order valence-corrected chi connectivity index (χ3v) is 1.79. The number of hydrogen-bond acceptors (Lipinski definition) is 5. The van der Waals surface area contributed by atoms with Gasteiger partial charge in [0.1, 0.15) is 0 Å². The maximum absolute atomic E-state index is 8.83. The Labute approximate surface area is 90.3 Å². The third kappa shape index (κ3) is 7.18. The van der Waals surface area contributed by atoms with Crippen LogP contribution in [0.2, 0.25) is 0 Å². The van der Waals surface area contributed by atoms with E-state index in [1.165, 1.54) is 7.11 Å². The molecule has 0 aromatic heterocycles. The van der Waals surface area contributed by atoms with E-state index in [9.17, 15) is 0 Å². The monoisotopic (exact) mass is 220 g/mol. The maximum Gasteiger partial charge on any atom is 0.271 e. The Morgan fingerprint density at radius 2 is 2.07 bits per heavy atom. The molecule has 0 aliphatic carbocycles. The molecule has 90 valence electrons. The molecule has 0 rings (SSSR count). The molecule has 5 nitrogen and oxygen atoms in total. The Kier molecular flexibility index (Phi) is 6.31. The molecule has 1 atom stereocenters. The van der Waals surface area contributed by atoms with Gasteiger partial charge in [-0.1, -0.05) is 0 Å². The van der Waals surface area contributed by atoms with Gasteiger partial charge >= 0.3 is 0 Å². The number of aliphatic hydroxyl groups excluding tert-OH is 2. The molecule has 0 spiro atoms. The fourth-order valence-corrected chi connectivity index (χ4v) is 1.03. The molecule has 0 fully saturated rings. The van der Waals surface area contributed by atoms with Crippen molar-refractivity contribution in [1.29, 1.82) is 0 Å². The summed E-state index contributed by atoms with van der Waals surface area (Å²) in [5, 5.41) is 17.7. The van der Waals surface area contributed by atoms with Crippen molar-refractivity contribution in [3.63, 3.8) is 0 Å². The Morgan fingerprint density at radius 1 is 1.47 bits per heavy atom. The molecular weight excluding hydrogens is 200 g/mol. The number of aliphatic hydroxyl groups is 2. The molecule has 0 amide bonds. The fraction of sp³-hybridized carbons (Fsp3) is 0.800. The van der Waals surface area contributed by atoms with Crippen molar-refractivity contribution in [1.82, 2.24) is 0 Å². The van der Waals surface area contributed by atoms with Gasteiger partial charge in [0.15, 0.2) is 0 Å². The van der Waals surface area contributed by atoms with Crippen molar-refractivity contribution in [2.75, 3.05) is 20.3 Å². The average molecular weight is 220 g/mol. The quantitative estimate of drug-likeness (QED) is 0.475. The molecule has 0 saturated heterocycles. The van der Waals surface area contributed by atoms with E-state index in [4.69, 9.17) is 24.4 Å². The Bertz CT molecular complexity index is 186. The van der Waals surface area contributed by atoms with Crippen LogP contribution in [0.3, 0.4) is 0 Å². The Hall–Kier alpha value is -0.780. The topological polar surface area (TPSA) is 68.2 Å². The van der Waals surface area contributed by atoms with Gasteiger partial charge in [0, 0.05) is 21.0 Å². The number of hydrogen-bond donors (Lipinski definition) is 2. The molecule has 0 aromatic carbocycles. The standard InChI is InChI=1S/C10H20O5/c1-8(12)15-10(2,3)14-6-5-9(7-11)13-4/h9,11-12H,1,5-7H2,2-4H3/t9-/m0/s1. The third-order valence-electron chi connectivity index (χ3n) is 1.79. The lowest BCUT2D eigenvalue weighted by Gasteiger charge is -2.26. The van der Waals surface area contributed by atoms with Crippen LogP contribution in [0.15, 0.2) is 12.5 Å². The highest BCUT2D eigenvalue weighted by Crippen LogP contribution is 2.14. The van der Waals surface area contributed by atoms with Crippen molar-refractivity contribution in [3.05, 3.63) is 12.5 Å². The van der Waals surface area contributed by atoms with Crippen LogP contribution < -0.4 is 0 Å². The van der Waals surface area contributed by atoms with Crippen LogP contribution >= 0.6 is 0 Å². The fourth-order valence-electron chi connectivity index (χ4n) is 1.03. The van der Waals surface area contributed by atoms with E-state index in [0.29, 0.717) is 13.0 Å². The van der Waals surface area contributed by atoms with Gasteiger partial charge in [-0.25, -0.2) is 0 Å². The van der Waals surface area contributed by atoms with Gasteiger partial charge in [0.2, 0.25) is 5.79 Å². The summed E-state index contributed by atoms with van der Waals surface area (Å²) >= 11 is 0. The summed E-state index contributed by atoms with van der Waals surface area (Å²) in [6.07, 6.45) is 0.315. The summed E-state index contributed by atoms with van der Waals surface area (Å²) < 4.78 is 15.2.